The van der Waals surface area contributed by atoms with Gasteiger partial charge in [0.2, 0.25) is 0 Å². The molecule has 0 unspecified atom stereocenters. The molecule has 4 nitrogen and oxygen atoms in total. The second-order valence-corrected chi connectivity index (χ2v) is 3.79. The molecule has 2 heterocycles. The highest BCUT2D eigenvalue weighted by Gasteiger charge is 2.05. The van der Waals surface area contributed by atoms with Gasteiger partial charge in [-0.2, -0.15) is 0 Å². The van der Waals surface area contributed by atoms with Gasteiger partial charge in [-0.1, -0.05) is 12.1 Å². The van der Waals surface area contributed by atoms with Crippen LogP contribution in [-0.2, 0) is 6.67 Å². The number of hydrogen-bond donors (Lipinski definition) is 0. The van der Waals surface area contributed by atoms with Crippen LogP contribution >= 0.6 is 0 Å². The van der Waals surface area contributed by atoms with Crippen molar-refractivity contribution >= 4 is 11.0 Å². The molecule has 0 aliphatic heterocycles. The maximum Gasteiger partial charge on any atom is 0.108 e. The van der Waals surface area contributed by atoms with Gasteiger partial charge in [-0.05, 0) is 19.1 Å². The summed E-state index contributed by atoms with van der Waals surface area (Å²) in [5.41, 5.74) is 2.20. The second kappa shape index (κ2) is 3.48. The Hall–Kier alpha value is -2.10. The first-order valence-corrected chi connectivity index (χ1v) is 5.22. The number of benzene rings is 1. The molecule has 80 valence electrons. The van der Waals surface area contributed by atoms with Crippen LogP contribution in [0.3, 0.4) is 0 Å². The van der Waals surface area contributed by atoms with E-state index in [1.165, 1.54) is 0 Å². The fourth-order valence-corrected chi connectivity index (χ4v) is 1.91. The van der Waals surface area contributed by atoms with E-state index >= 15 is 0 Å². The Morgan fingerprint density at radius 1 is 1.25 bits per heavy atom. The molecule has 3 rings (SSSR count). The molecule has 1 aromatic carbocycles. The lowest BCUT2D eigenvalue weighted by Gasteiger charge is -2.07. The second-order valence-electron chi connectivity index (χ2n) is 3.79. The van der Waals surface area contributed by atoms with Gasteiger partial charge in [0.1, 0.15) is 12.5 Å². The normalized spacial score (nSPS) is 11.1. The maximum atomic E-state index is 4.52. The topological polar surface area (TPSA) is 35.6 Å². The Bertz CT molecular complexity index is 607. The summed E-state index contributed by atoms with van der Waals surface area (Å²) in [6.07, 6.45) is 5.55. The van der Waals surface area contributed by atoms with Gasteiger partial charge in [-0.3, -0.25) is 0 Å². The number of hydrogen-bond acceptors (Lipinski definition) is 2. The van der Waals surface area contributed by atoms with Crippen molar-refractivity contribution < 1.29 is 0 Å². The molecule has 0 saturated carbocycles. The van der Waals surface area contributed by atoms with Gasteiger partial charge in [-0.15, -0.1) is 0 Å². The highest BCUT2D eigenvalue weighted by Crippen LogP contribution is 2.15. The predicted octanol–water partition coefficient (Wildman–Crippen LogP) is 2.05. The first-order chi connectivity index (χ1) is 7.84. The number of aromatic nitrogens is 4. The first-order valence-electron chi connectivity index (χ1n) is 5.22. The lowest BCUT2D eigenvalue weighted by atomic mass is 10.3. The van der Waals surface area contributed by atoms with Crippen LogP contribution in [0.25, 0.3) is 11.0 Å². The molecule has 4 heteroatoms. The van der Waals surface area contributed by atoms with Gasteiger partial charge in [0, 0.05) is 12.4 Å². The predicted molar refractivity (Wildman–Crippen MR) is 62.1 cm³/mol. The number of nitrogens with zero attached hydrogens (tertiary/aromatic N) is 4. The van der Waals surface area contributed by atoms with Crippen molar-refractivity contribution in [3.8, 4) is 0 Å². The van der Waals surface area contributed by atoms with E-state index in [4.69, 9.17) is 0 Å². The average molecular weight is 212 g/mol. The standard InChI is InChI=1S/C12H12N4/c1-10-14-11-4-2-3-5-12(11)16(10)9-15-7-6-13-8-15/h2-8H,9H2,1H3. The lowest BCUT2D eigenvalue weighted by Crippen LogP contribution is -2.07. The quantitative estimate of drug-likeness (QED) is 0.651. The molecule has 16 heavy (non-hydrogen) atoms. The molecule has 2 aromatic heterocycles. The summed E-state index contributed by atoms with van der Waals surface area (Å²) in [4.78, 5) is 8.56. The Kier molecular flexibility index (Phi) is 1.99. The van der Waals surface area contributed by atoms with Crippen LogP contribution in [0, 0.1) is 6.92 Å². The third-order valence-electron chi connectivity index (χ3n) is 2.71. The molecule has 0 aliphatic rings. The number of imidazole rings is 2. The minimum atomic E-state index is 0.756. The van der Waals surface area contributed by atoms with Crippen LogP contribution < -0.4 is 0 Å². The van der Waals surface area contributed by atoms with Crippen molar-refractivity contribution in [2.75, 3.05) is 0 Å². The van der Waals surface area contributed by atoms with Crippen LogP contribution in [0.1, 0.15) is 5.82 Å². The van der Waals surface area contributed by atoms with Gasteiger partial charge in [-0.25, -0.2) is 9.97 Å². The summed E-state index contributed by atoms with van der Waals surface area (Å²) in [6.45, 7) is 2.78. The van der Waals surface area contributed by atoms with E-state index in [1.54, 1.807) is 6.20 Å². The van der Waals surface area contributed by atoms with Crippen molar-refractivity contribution in [1.82, 2.24) is 19.1 Å². The van der Waals surface area contributed by atoms with Crippen LogP contribution in [0.2, 0.25) is 0 Å². The number of para-hydroxylation sites is 2. The molecule has 0 bridgehead atoms. The van der Waals surface area contributed by atoms with Crippen molar-refractivity contribution in [2.45, 2.75) is 13.6 Å². The summed E-state index contributed by atoms with van der Waals surface area (Å²) in [6, 6.07) is 8.17. The highest BCUT2D eigenvalue weighted by molar-refractivity contribution is 5.75. The van der Waals surface area contributed by atoms with Gasteiger partial charge >= 0.3 is 0 Å². The van der Waals surface area contributed by atoms with Crippen LogP contribution in [-0.4, -0.2) is 19.1 Å². The van der Waals surface area contributed by atoms with E-state index in [0.29, 0.717) is 0 Å². The SMILES string of the molecule is Cc1nc2ccccc2n1Cn1ccnc1. The Morgan fingerprint density at radius 3 is 2.94 bits per heavy atom. The molecule has 0 N–H and O–H groups in total. The third kappa shape index (κ3) is 1.39. The molecular formula is C12H12N4. The molecule has 0 radical (unpaired) electrons. The molecule has 0 spiro atoms. The van der Waals surface area contributed by atoms with Crippen LogP contribution in [0.5, 0.6) is 0 Å². The third-order valence-corrected chi connectivity index (χ3v) is 2.71. The molecule has 0 amide bonds. The Labute approximate surface area is 93.2 Å². The smallest absolute Gasteiger partial charge is 0.108 e. The van der Waals surface area contributed by atoms with Crippen LogP contribution in [0.15, 0.2) is 43.0 Å². The minimum absolute atomic E-state index is 0.756. The van der Waals surface area contributed by atoms with E-state index in [1.807, 2.05) is 42.2 Å². The van der Waals surface area contributed by atoms with Crippen molar-refractivity contribution in [3.63, 3.8) is 0 Å². The van der Waals surface area contributed by atoms with Gasteiger partial charge in [0.15, 0.2) is 0 Å². The molecule has 0 saturated heterocycles. The Morgan fingerprint density at radius 2 is 2.12 bits per heavy atom. The fraction of sp³-hybridized carbons (Fsp3) is 0.167. The molecule has 0 atom stereocenters. The lowest BCUT2D eigenvalue weighted by molar-refractivity contribution is 0.606. The van der Waals surface area contributed by atoms with Crippen molar-refractivity contribution in [3.05, 3.63) is 48.8 Å². The zero-order chi connectivity index (χ0) is 11.0. The van der Waals surface area contributed by atoms with E-state index in [2.05, 4.69) is 20.6 Å². The van der Waals surface area contributed by atoms with Gasteiger partial charge in [0.05, 0.1) is 17.4 Å². The maximum absolute atomic E-state index is 4.52. The molecule has 0 aliphatic carbocycles. The molecule has 3 aromatic rings. The fourth-order valence-electron chi connectivity index (χ4n) is 1.91. The van der Waals surface area contributed by atoms with Crippen molar-refractivity contribution in [1.29, 1.82) is 0 Å². The average Bonchev–Trinajstić information content (AvgIpc) is 2.89. The van der Waals surface area contributed by atoms with E-state index in [9.17, 15) is 0 Å². The number of fused-ring (bicyclic) bond motifs is 1. The van der Waals surface area contributed by atoms with Crippen LogP contribution in [0.4, 0.5) is 0 Å². The largest absolute Gasteiger partial charge is 0.319 e. The van der Waals surface area contributed by atoms with E-state index in [-0.39, 0.29) is 0 Å². The minimum Gasteiger partial charge on any atom is -0.319 e. The zero-order valence-electron chi connectivity index (χ0n) is 9.04. The van der Waals surface area contributed by atoms with Crippen molar-refractivity contribution in [2.24, 2.45) is 0 Å². The summed E-state index contributed by atoms with van der Waals surface area (Å²) in [5.74, 6) is 1.02. The molecule has 0 fully saturated rings. The van der Waals surface area contributed by atoms with E-state index < -0.39 is 0 Å². The van der Waals surface area contributed by atoms with Gasteiger partial charge < -0.3 is 9.13 Å². The summed E-state index contributed by atoms with van der Waals surface area (Å²) in [5, 5.41) is 0. The monoisotopic (exact) mass is 212 g/mol. The highest BCUT2D eigenvalue weighted by atomic mass is 15.2. The van der Waals surface area contributed by atoms with E-state index in [0.717, 1.165) is 23.5 Å². The summed E-state index contributed by atoms with van der Waals surface area (Å²) < 4.78 is 4.21. The first kappa shape index (κ1) is 9.15. The number of rotatable bonds is 2. The summed E-state index contributed by atoms with van der Waals surface area (Å²) >= 11 is 0. The zero-order valence-corrected chi connectivity index (χ0v) is 9.04. The Balaban J connectivity index is 2.12. The molecular weight excluding hydrogens is 200 g/mol. The van der Waals surface area contributed by atoms with Gasteiger partial charge in [0.25, 0.3) is 0 Å². The number of aryl methyl sites for hydroxylation is 1. The summed E-state index contributed by atoms with van der Waals surface area (Å²) in [7, 11) is 0.